The molecular formula is C28H38F2N8. The largest absolute Gasteiger partial charge is 0.403 e. The summed E-state index contributed by atoms with van der Waals surface area (Å²) in [4.78, 5) is 1.65. The number of allylic oxidation sites excluding steroid dienone is 1. The number of hydrogen-bond donors (Lipinski definition) is 4. The van der Waals surface area contributed by atoms with Crippen LogP contribution >= 0.6 is 0 Å². The zero-order valence-electron chi connectivity index (χ0n) is 22.3. The van der Waals surface area contributed by atoms with Crippen LogP contribution in [-0.4, -0.2) is 28.1 Å². The number of halogens is 2. The van der Waals surface area contributed by atoms with Gasteiger partial charge in [0.25, 0.3) is 0 Å². The maximum Gasteiger partial charge on any atom is 0.183 e. The number of nitrogens with two attached hydrogens (primary N) is 2. The van der Waals surface area contributed by atoms with E-state index in [0.29, 0.717) is 43.1 Å². The Bertz CT molecular complexity index is 1190. The minimum absolute atomic E-state index is 0.0938. The van der Waals surface area contributed by atoms with Crippen LogP contribution < -0.4 is 27.2 Å². The van der Waals surface area contributed by atoms with E-state index in [4.69, 9.17) is 11.6 Å². The van der Waals surface area contributed by atoms with Gasteiger partial charge in [0.15, 0.2) is 11.6 Å². The van der Waals surface area contributed by atoms with Crippen molar-refractivity contribution in [2.75, 3.05) is 18.0 Å². The van der Waals surface area contributed by atoms with Crippen molar-refractivity contribution in [3.8, 4) is 11.1 Å². The van der Waals surface area contributed by atoms with Crippen molar-refractivity contribution in [1.29, 1.82) is 0 Å². The minimum Gasteiger partial charge on any atom is -0.403 e. The molecule has 1 aromatic heterocycles. The summed E-state index contributed by atoms with van der Waals surface area (Å²) >= 11 is 0. The third-order valence-corrected chi connectivity index (χ3v) is 5.75. The van der Waals surface area contributed by atoms with Gasteiger partial charge in [0.1, 0.15) is 0 Å². The fraction of sp³-hybridized carbons (Fsp3) is 0.286. The molecule has 0 fully saturated rings. The molecule has 0 saturated carbocycles. The van der Waals surface area contributed by atoms with Gasteiger partial charge >= 0.3 is 0 Å². The first kappa shape index (κ1) is 30.2. The molecule has 204 valence electrons. The number of nitrogens with zero attached hydrogens (tertiary/aromatic N) is 4. The number of hydrazine groups is 1. The first-order chi connectivity index (χ1) is 18.4. The third kappa shape index (κ3) is 7.99. The molecule has 0 saturated heterocycles. The average molecular weight is 525 g/mol. The molecule has 38 heavy (non-hydrogen) atoms. The Hall–Kier alpha value is -4.02. The SMILES string of the molecule is C=CC(CN(C(=C)C)c1ccc(-c2ccc(CNC/C(=C/N)NN)cc2)c(F)c1F)Cn1ccnn1.CC. The highest BCUT2D eigenvalue weighted by atomic mass is 19.2. The predicted molar refractivity (Wildman–Crippen MR) is 150 cm³/mol. The fourth-order valence-corrected chi connectivity index (χ4v) is 3.74. The van der Waals surface area contributed by atoms with E-state index in [0.717, 1.165) is 5.56 Å². The van der Waals surface area contributed by atoms with Gasteiger partial charge < -0.3 is 21.4 Å². The number of aromatic nitrogens is 3. The van der Waals surface area contributed by atoms with E-state index in [1.54, 1.807) is 59.2 Å². The predicted octanol–water partition coefficient (Wildman–Crippen LogP) is 4.44. The van der Waals surface area contributed by atoms with Gasteiger partial charge in [0.05, 0.1) is 24.1 Å². The van der Waals surface area contributed by atoms with Crippen LogP contribution in [-0.2, 0) is 13.1 Å². The Morgan fingerprint density at radius 1 is 1.16 bits per heavy atom. The average Bonchev–Trinajstić information content (AvgIpc) is 3.45. The number of hydrogen-bond acceptors (Lipinski definition) is 7. The summed E-state index contributed by atoms with van der Waals surface area (Å²) in [5, 5.41) is 11.0. The smallest absolute Gasteiger partial charge is 0.183 e. The Kier molecular flexibility index (Phi) is 12.1. The molecule has 6 N–H and O–H groups in total. The summed E-state index contributed by atoms with van der Waals surface area (Å²) < 4.78 is 32.2. The van der Waals surface area contributed by atoms with Crippen molar-refractivity contribution in [1.82, 2.24) is 25.7 Å². The lowest BCUT2D eigenvalue weighted by Crippen LogP contribution is -2.30. The van der Waals surface area contributed by atoms with Crippen LogP contribution in [0.15, 0.2) is 85.6 Å². The lowest BCUT2D eigenvalue weighted by Gasteiger charge is -2.29. The Balaban J connectivity index is 0.00000247. The zero-order valence-corrected chi connectivity index (χ0v) is 22.3. The molecule has 1 unspecified atom stereocenters. The molecule has 0 aliphatic carbocycles. The van der Waals surface area contributed by atoms with E-state index < -0.39 is 11.6 Å². The minimum atomic E-state index is -0.930. The summed E-state index contributed by atoms with van der Waals surface area (Å²) in [6.07, 6.45) is 6.47. The highest BCUT2D eigenvalue weighted by Crippen LogP contribution is 2.32. The van der Waals surface area contributed by atoms with E-state index in [2.05, 4.69) is 34.2 Å². The van der Waals surface area contributed by atoms with Crippen molar-refractivity contribution in [3.05, 3.63) is 103 Å². The van der Waals surface area contributed by atoms with Crippen LogP contribution in [0.4, 0.5) is 14.5 Å². The maximum absolute atomic E-state index is 15.3. The van der Waals surface area contributed by atoms with Crippen LogP contribution in [0.5, 0.6) is 0 Å². The lowest BCUT2D eigenvalue weighted by molar-refractivity contribution is 0.473. The molecule has 0 radical (unpaired) electrons. The number of rotatable bonds is 13. The van der Waals surface area contributed by atoms with Crippen molar-refractivity contribution in [2.24, 2.45) is 17.5 Å². The van der Waals surface area contributed by atoms with Crippen LogP contribution in [0, 0.1) is 17.6 Å². The highest BCUT2D eigenvalue weighted by molar-refractivity contribution is 5.68. The molecular weight excluding hydrogens is 486 g/mol. The molecule has 0 aliphatic heterocycles. The van der Waals surface area contributed by atoms with Gasteiger partial charge in [-0.1, -0.05) is 56.0 Å². The molecule has 1 atom stereocenters. The van der Waals surface area contributed by atoms with Gasteiger partial charge in [0, 0.05) is 49.2 Å². The summed E-state index contributed by atoms with van der Waals surface area (Å²) in [6.45, 7) is 15.5. The summed E-state index contributed by atoms with van der Waals surface area (Å²) in [7, 11) is 0. The molecule has 2 aromatic carbocycles. The Morgan fingerprint density at radius 2 is 1.87 bits per heavy atom. The van der Waals surface area contributed by atoms with E-state index >= 15 is 8.78 Å². The second-order valence-electron chi connectivity index (χ2n) is 8.36. The molecule has 0 spiro atoms. The molecule has 3 rings (SSSR count). The molecule has 0 bridgehead atoms. The quantitative estimate of drug-likeness (QED) is 0.149. The maximum atomic E-state index is 15.3. The van der Waals surface area contributed by atoms with E-state index in [-0.39, 0.29) is 17.2 Å². The third-order valence-electron chi connectivity index (χ3n) is 5.75. The van der Waals surface area contributed by atoms with Crippen LogP contribution in [0.1, 0.15) is 26.3 Å². The van der Waals surface area contributed by atoms with Crippen molar-refractivity contribution in [2.45, 2.75) is 33.9 Å². The molecule has 8 nitrogen and oxygen atoms in total. The number of nitrogens with one attached hydrogen (secondary N) is 2. The van der Waals surface area contributed by atoms with Crippen molar-refractivity contribution in [3.63, 3.8) is 0 Å². The van der Waals surface area contributed by atoms with E-state index in [1.165, 1.54) is 6.20 Å². The Labute approximate surface area is 223 Å². The van der Waals surface area contributed by atoms with Gasteiger partial charge in [-0.25, -0.2) is 8.78 Å². The molecule has 0 amide bonds. The molecule has 10 heteroatoms. The monoisotopic (exact) mass is 524 g/mol. The fourth-order valence-electron chi connectivity index (χ4n) is 3.74. The van der Waals surface area contributed by atoms with Gasteiger partial charge in [-0.05, 0) is 30.2 Å². The van der Waals surface area contributed by atoms with Gasteiger partial charge in [0.2, 0.25) is 0 Å². The van der Waals surface area contributed by atoms with Crippen molar-refractivity contribution >= 4 is 5.69 Å². The van der Waals surface area contributed by atoms with Crippen LogP contribution in [0.3, 0.4) is 0 Å². The first-order valence-electron chi connectivity index (χ1n) is 12.4. The van der Waals surface area contributed by atoms with Crippen LogP contribution in [0.25, 0.3) is 11.1 Å². The van der Waals surface area contributed by atoms with Gasteiger partial charge in [-0.2, -0.15) is 0 Å². The Morgan fingerprint density at radius 3 is 2.42 bits per heavy atom. The summed E-state index contributed by atoms with van der Waals surface area (Å²) in [5.41, 5.74) is 11.0. The summed E-state index contributed by atoms with van der Waals surface area (Å²) in [6, 6.07) is 10.4. The topological polar surface area (TPSA) is 110 Å². The second-order valence-corrected chi connectivity index (χ2v) is 8.36. The standard InChI is InChI=1S/C26H32F2N8.C2H6/c1-4-19(16-35-12-11-32-34-35)17-36(18(2)3)24-10-9-23(25(27)26(24)28)21-7-5-20(6-8-21)14-31-15-22(13-29)33-30;1-2/h4-13,19,31,33H,1-2,14-17,29-30H2,3H3;1-2H3/b22-13-;. The normalized spacial score (nSPS) is 11.8. The second kappa shape index (κ2) is 15.3. The first-order valence-corrected chi connectivity index (χ1v) is 12.4. The summed E-state index contributed by atoms with van der Waals surface area (Å²) in [5.74, 6) is 3.42. The number of benzene rings is 2. The zero-order chi connectivity index (χ0) is 28.1. The highest BCUT2D eigenvalue weighted by Gasteiger charge is 2.22. The van der Waals surface area contributed by atoms with E-state index in [9.17, 15) is 0 Å². The van der Waals surface area contributed by atoms with Crippen molar-refractivity contribution < 1.29 is 8.78 Å². The molecule has 0 aliphatic rings. The molecule has 3 aromatic rings. The van der Waals surface area contributed by atoms with Gasteiger partial charge in [-0.15, -0.1) is 11.7 Å². The lowest BCUT2D eigenvalue weighted by atomic mass is 10.0. The molecule has 1 heterocycles. The van der Waals surface area contributed by atoms with Gasteiger partial charge in [-0.3, -0.25) is 10.5 Å². The van der Waals surface area contributed by atoms with Crippen LogP contribution in [0.2, 0.25) is 0 Å². The number of anilines is 1. The van der Waals surface area contributed by atoms with E-state index in [1.807, 2.05) is 26.0 Å².